The van der Waals surface area contributed by atoms with Gasteiger partial charge in [-0.05, 0) is 0 Å². The molecule has 1 saturated heterocycles. The van der Waals surface area contributed by atoms with Gasteiger partial charge in [-0.2, -0.15) is 0 Å². The van der Waals surface area contributed by atoms with Gasteiger partial charge in [0.05, 0.1) is 26.2 Å². The third-order valence-corrected chi connectivity index (χ3v) is 3.30. The Hall–Kier alpha value is -1.97. The van der Waals surface area contributed by atoms with E-state index in [1.54, 1.807) is 0 Å². The average molecular weight is 300 g/mol. The molecule has 3 N–H and O–H groups in total. The van der Waals surface area contributed by atoms with Gasteiger partial charge in [-0.15, -0.1) is 0 Å². The number of ether oxygens (including phenoxy) is 2. The highest BCUT2D eigenvalue weighted by molar-refractivity contribution is 5.72. The fourth-order valence-electron chi connectivity index (χ4n) is 2.14. The van der Waals surface area contributed by atoms with E-state index in [4.69, 9.17) is 9.84 Å². The largest absolute Gasteiger partial charge is 0.469 e. The monoisotopic (exact) mass is 300 g/mol. The number of esters is 1. The Morgan fingerprint density at radius 1 is 1.57 bits per heavy atom. The molecule has 1 aromatic rings. The highest BCUT2D eigenvalue weighted by atomic mass is 16.5. The lowest BCUT2D eigenvalue weighted by Crippen LogP contribution is -2.35. The van der Waals surface area contributed by atoms with Gasteiger partial charge in [0.2, 0.25) is 0 Å². The predicted octanol–water partition coefficient (Wildman–Crippen LogP) is -2.11. The van der Waals surface area contributed by atoms with E-state index in [0.29, 0.717) is 0 Å². The van der Waals surface area contributed by atoms with Crippen LogP contribution in [0.15, 0.2) is 15.8 Å². The van der Waals surface area contributed by atoms with Gasteiger partial charge in [0, 0.05) is 18.2 Å². The molecule has 0 amide bonds. The standard InChI is InChI=1S/C12H16N2O7/c1-20-10(17)2-6-4-14(12(19)13-11(6)18)9-3-7(16)8(5-15)21-9/h4,7-9,15-16H,2-3,5H2,1H3,(H,13,18,19)/t7-,8+,9-/m1/s1. The van der Waals surface area contributed by atoms with Crippen LogP contribution in [0.5, 0.6) is 0 Å². The minimum Gasteiger partial charge on any atom is -0.469 e. The molecular weight excluding hydrogens is 284 g/mol. The molecule has 0 unspecified atom stereocenters. The smallest absolute Gasteiger partial charge is 0.330 e. The summed E-state index contributed by atoms with van der Waals surface area (Å²) in [4.78, 5) is 36.8. The van der Waals surface area contributed by atoms with Crippen molar-refractivity contribution in [2.75, 3.05) is 13.7 Å². The summed E-state index contributed by atoms with van der Waals surface area (Å²) in [5.41, 5.74) is -1.35. The normalized spacial score (nSPS) is 25.0. The number of methoxy groups -OCH3 is 1. The van der Waals surface area contributed by atoms with E-state index in [1.165, 1.54) is 13.3 Å². The molecule has 1 aliphatic rings. The molecule has 0 radical (unpaired) electrons. The molecular formula is C12H16N2O7. The molecule has 9 heteroatoms. The third-order valence-electron chi connectivity index (χ3n) is 3.30. The second kappa shape index (κ2) is 6.20. The van der Waals surface area contributed by atoms with Crippen molar-refractivity contribution >= 4 is 5.97 Å². The molecule has 1 aliphatic heterocycles. The maximum atomic E-state index is 11.8. The Labute approximate surface area is 118 Å². The van der Waals surface area contributed by atoms with Crippen LogP contribution in [0, 0.1) is 0 Å². The molecule has 2 heterocycles. The summed E-state index contributed by atoms with van der Waals surface area (Å²) in [7, 11) is 1.19. The first-order valence-electron chi connectivity index (χ1n) is 6.31. The van der Waals surface area contributed by atoms with Crippen molar-refractivity contribution in [3.8, 4) is 0 Å². The molecule has 1 aromatic heterocycles. The van der Waals surface area contributed by atoms with Gasteiger partial charge in [0.15, 0.2) is 0 Å². The molecule has 21 heavy (non-hydrogen) atoms. The van der Waals surface area contributed by atoms with Crippen LogP contribution in [0.2, 0.25) is 0 Å². The lowest BCUT2D eigenvalue weighted by Gasteiger charge is -2.15. The number of nitrogens with one attached hydrogen (secondary N) is 1. The van der Waals surface area contributed by atoms with E-state index in [-0.39, 0.29) is 25.0 Å². The SMILES string of the molecule is COC(=O)Cc1cn([C@H]2C[C@@H](O)[C@H](CO)O2)c(=O)[nH]c1=O. The summed E-state index contributed by atoms with van der Waals surface area (Å²) in [6.45, 7) is -0.384. The lowest BCUT2D eigenvalue weighted by atomic mass is 10.2. The van der Waals surface area contributed by atoms with Crippen molar-refractivity contribution < 1.29 is 24.5 Å². The number of hydrogen-bond donors (Lipinski definition) is 3. The fourth-order valence-corrected chi connectivity index (χ4v) is 2.14. The molecule has 116 valence electrons. The maximum absolute atomic E-state index is 11.8. The summed E-state index contributed by atoms with van der Waals surface area (Å²) < 4.78 is 10.9. The van der Waals surface area contributed by atoms with Crippen molar-refractivity contribution in [2.45, 2.75) is 31.3 Å². The van der Waals surface area contributed by atoms with Crippen LogP contribution < -0.4 is 11.2 Å². The Kier molecular flexibility index (Phi) is 4.56. The van der Waals surface area contributed by atoms with Crippen LogP contribution in [-0.4, -0.2) is 51.7 Å². The van der Waals surface area contributed by atoms with Crippen molar-refractivity contribution in [2.24, 2.45) is 0 Å². The molecule has 2 rings (SSSR count). The molecule has 0 aromatic carbocycles. The molecule has 0 spiro atoms. The average Bonchev–Trinajstić information content (AvgIpc) is 2.82. The van der Waals surface area contributed by atoms with Gasteiger partial charge < -0.3 is 19.7 Å². The summed E-state index contributed by atoms with van der Waals surface area (Å²) >= 11 is 0. The summed E-state index contributed by atoms with van der Waals surface area (Å²) in [6, 6.07) is 0. The van der Waals surface area contributed by atoms with E-state index in [0.717, 1.165) is 4.57 Å². The Balaban J connectivity index is 2.32. The van der Waals surface area contributed by atoms with E-state index in [9.17, 15) is 19.5 Å². The number of nitrogens with zero attached hydrogens (tertiary/aromatic N) is 1. The van der Waals surface area contributed by atoms with Crippen LogP contribution in [0.1, 0.15) is 18.2 Å². The topological polar surface area (TPSA) is 131 Å². The van der Waals surface area contributed by atoms with Crippen molar-refractivity contribution in [3.05, 3.63) is 32.6 Å². The highest BCUT2D eigenvalue weighted by Crippen LogP contribution is 2.27. The van der Waals surface area contributed by atoms with Gasteiger partial charge in [0.1, 0.15) is 12.3 Å². The minimum absolute atomic E-state index is 0.0481. The van der Waals surface area contributed by atoms with E-state index in [2.05, 4.69) is 9.72 Å². The van der Waals surface area contributed by atoms with Crippen molar-refractivity contribution in [3.63, 3.8) is 0 Å². The number of carbonyl (C=O) groups excluding carboxylic acids is 1. The number of rotatable bonds is 4. The molecule has 1 fully saturated rings. The molecule has 9 nitrogen and oxygen atoms in total. The summed E-state index contributed by atoms with van der Waals surface area (Å²) in [5.74, 6) is -0.619. The minimum atomic E-state index is -0.914. The Morgan fingerprint density at radius 3 is 2.86 bits per heavy atom. The number of aromatic nitrogens is 2. The van der Waals surface area contributed by atoms with Crippen molar-refractivity contribution in [1.29, 1.82) is 0 Å². The third kappa shape index (κ3) is 3.20. The fraction of sp³-hybridized carbons (Fsp3) is 0.583. The zero-order valence-corrected chi connectivity index (χ0v) is 11.3. The van der Waals surface area contributed by atoms with Gasteiger partial charge in [-0.1, -0.05) is 0 Å². The zero-order valence-electron chi connectivity index (χ0n) is 11.3. The van der Waals surface area contributed by atoms with Gasteiger partial charge in [0.25, 0.3) is 5.56 Å². The lowest BCUT2D eigenvalue weighted by molar-refractivity contribution is -0.139. The first-order chi connectivity index (χ1) is 9.96. The van der Waals surface area contributed by atoms with Crippen LogP contribution in [-0.2, 0) is 20.7 Å². The molecule has 0 bridgehead atoms. The summed E-state index contributed by atoms with van der Waals surface area (Å²) in [5, 5.41) is 18.7. The molecule has 0 aliphatic carbocycles. The number of carbonyl (C=O) groups is 1. The number of aromatic amines is 1. The van der Waals surface area contributed by atoms with Crippen LogP contribution in [0.3, 0.4) is 0 Å². The highest BCUT2D eigenvalue weighted by Gasteiger charge is 2.35. The first-order valence-corrected chi connectivity index (χ1v) is 6.31. The number of aliphatic hydroxyl groups is 2. The number of hydrogen-bond acceptors (Lipinski definition) is 7. The molecule has 3 atom stereocenters. The van der Waals surface area contributed by atoms with E-state index in [1.807, 2.05) is 0 Å². The van der Waals surface area contributed by atoms with E-state index < -0.39 is 35.7 Å². The zero-order chi connectivity index (χ0) is 15.6. The van der Waals surface area contributed by atoms with Crippen LogP contribution in [0.4, 0.5) is 0 Å². The van der Waals surface area contributed by atoms with E-state index >= 15 is 0 Å². The Bertz CT molecular complexity index is 635. The van der Waals surface area contributed by atoms with Gasteiger partial charge in [-0.3, -0.25) is 19.1 Å². The van der Waals surface area contributed by atoms with Crippen LogP contribution >= 0.6 is 0 Å². The molecule has 0 saturated carbocycles. The maximum Gasteiger partial charge on any atom is 0.330 e. The van der Waals surface area contributed by atoms with Crippen molar-refractivity contribution in [1.82, 2.24) is 9.55 Å². The summed E-state index contributed by atoms with van der Waals surface area (Å²) in [6.07, 6.45) is -1.52. The first kappa shape index (κ1) is 15.4. The van der Waals surface area contributed by atoms with Crippen LogP contribution in [0.25, 0.3) is 0 Å². The number of aliphatic hydroxyl groups excluding tert-OH is 2. The number of H-pyrrole nitrogens is 1. The van der Waals surface area contributed by atoms with Gasteiger partial charge in [-0.25, -0.2) is 4.79 Å². The van der Waals surface area contributed by atoms with Gasteiger partial charge >= 0.3 is 11.7 Å². The second-order valence-electron chi connectivity index (χ2n) is 4.69. The second-order valence-corrected chi connectivity index (χ2v) is 4.69. The quantitative estimate of drug-likeness (QED) is 0.542. The predicted molar refractivity (Wildman–Crippen MR) is 68.7 cm³/mol. The Morgan fingerprint density at radius 2 is 2.29 bits per heavy atom.